The number of ketones is 1. The van der Waals surface area contributed by atoms with Crippen molar-refractivity contribution < 1.29 is 4.79 Å². The quantitative estimate of drug-likeness (QED) is 0.657. The van der Waals surface area contributed by atoms with E-state index in [1.165, 1.54) is 5.56 Å². The van der Waals surface area contributed by atoms with Gasteiger partial charge in [0.05, 0.1) is 11.2 Å². The van der Waals surface area contributed by atoms with Crippen molar-refractivity contribution in [2.75, 3.05) is 0 Å². The zero-order valence-corrected chi connectivity index (χ0v) is 11.7. The third-order valence-electron chi connectivity index (χ3n) is 4.15. The van der Waals surface area contributed by atoms with Crippen LogP contribution in [0.2, 0.25) is 0 Å². The first-order valence-electron chi connectivity index (χ1n) is 7.33. The lowest BCUT2D eigenvalue weighted by molar-refractivity contribution is 0.0972. The molecule has 0 spiro atoms. The van der Waals surface area contributed by atoms with Crippen LogP contribution in [0.3, 0.4) is 0 Å². The van der Waals surface area contributed by atoms with Crippen molar-refractivity contribution in [2.45, 2.75) is 19.3 Å². The van der Waals surface area contributed by atoms with Gasteiger partial charge in [-0.2, -0.15) is 0 Å². The number of Topliss-reactive ketones (excluding diaryl/α,β-unsaturated/α-hetero) is 1. The molecule has 2 nitrogen and oxygen atoms in total. The molecular weight excluding hydrogens is 258 g/mol. The number of benzene rings is 2. The molecule has 1 heterocycles. The smallest absolute Gasteiger partial charge is 0.163 e. The Kier molecular flexibility index (Phi) is 2.81. The van der Waals surface area contributed by atoms with Gasteiger partial charge in [-0.1, -0.05) is 36.4 Å². The fraction of sp³-hybridized carbons (Fsp3) is 0.158. The van der Waals surface area contributed by atoms with Crippen LogP contribution in [-0.4, -0.2) is 10.8 Å². The Morgan fingerprint density at radius 2 is 1.81 bits per heavy atom. The van der Waals surface area contributed by atoms with Gasteiger partial charge in [0, 0.05) is 22.9 Å². The Morgan fingerprint density at radius 1 is 0.905 bits per heavy atom. The van der Waals surface area contributed by atoms with E-state index in [1.807, 2.05) is 30.3 Å². The number of pyridine rings is 1. The van der Waals surface area contributed by atoms with E-state index in [4.69, 9.17) is 4.98 Å². The summed E-state index contributed by atoms with van der Waals surface area (Å²) in [5.41, 5.74) is 4.99. The van der Waals surface area contributed by atoms with Crippen LogP contribution in [0.5, 0.6) is 0 Å². The highest BCUT2D eigenvalue weighted by atomic mass is 16.1. The van der Waals surface area contributed by atoms with Gasteiger partial charge in [0.25, 0.3) is 0 Å². The molecule has 0 atom stereocenters. The van der Waals surface area contributed by atoms with E-state index in [0.29, 0.717) is 6.42 Å². The maximum atomic E-state index is 12.1. The Labute approximate surface area is 123 Å². The summed E-state index contributed by atoms with van der Waals surface area (Å²) in [4.78, 5) is 16.8. The molecule has 21 heavy (non-hydrogen) atoms. The third-order valence-corrected chi connectivity index (χ3v) is 4.15. The molecule has 2 heteroatoms. The lowest BCUT2D eigenvalue weighted by Crippen LogP contribution is -2.10. The minimum absolute atomic E-state index is 0.263. The van der Waals surface area contributed by atoms with Gasteiger partial charge >= 0.3 is 0 Å². The van der Waals surface area contributed by atoms with Crippen LogP contribution in [0, 0.1) is 0 Å². The second-order valence-electron chi connectivity index (χ2n) is 5.54. The molecule has 4 rings (SSSR count). The topological polar surface area (TPSA) is 30.0 Å². The van der Waals surface area contributed by atoms with Crippen molar-refractivity contribution in [2.24, 2.45) is 0 Å². The lowest BCUT2D eigenvalue weighted by atomic mass is 9.89. The highest BCUT2D eigenvalue weighted by molar-refractivity contribution is 5.99. The van der Waals surface area contributed by atoms with Crippen molar-refractivity contribution in [1.29, 1.82) is 0 Å². The number of aryl methyl sites for hydroxylation is 1. The summed E-state index contributed by atoms with van der Waals surface area (Å²) in [6, 6.07) is 18.4. The predicted octanol–water partition coefficient (Wildman–Crippen LogP) is 4.42. The summed E-state index contributed by atoms with van der Waals surface area (Å²) >= 11 is 0. The first-order chi connectivity index (χ1) is 10.3. The van der Waals surface area contributed by atoms with Crippen molar-refractivity contribution >= 4 is 16.7 Å². The van der Waals surface area contributed by atoms with Gasteiger partial charge in [0.15, 0.2) is 5.78 Å². The molecule has 0 bridgehead atoms. The molecule has 0 saturated heterocycles. The van der Waals surface area contributed by atoms with Crippen molar-refractivity contribution in [1.82, 2.24) is 4.98 Å². The van der Waals surface area contributed by atoms with E-state index < -0.39 is 0 Å². The highest BCUT2D eigenvalue weighted by Gasteiger charge is 2.17. The summed E-state index contributed by atoms with van der Waals surface area (Å²) < 4.78 is 0. The molecule has 0 aliphatic heterocycles. The molecule has 2 aromatic carbocycles. The van der Waals surface area contributed by atoms with Gasteiger partial charge in [-0.05, 0) is 36.6 Å². The second kappa shape index (κ2) is 4.81. The minimum Gasteiger partial charge on any atom is -0.294 e. The summed E-state index contributed by atoms with van der Waals surface area (Å²) in [6.07, 6.45) is 2.65. The van der Waals surface area contributed by atoms with Gasteiger partial charge in [-0.15, -0.1) is 0 Å². The molecule has 0 radical (unpaired) electrons. The second-order valence-corrected chi connectivity index (χ2v) is 5.54. The molecule has 102 valence electrons. The van der Waals surface area contributed by atoms with E-state index in [9.17, 15) is 4.79 Å². The average Bonchev–Trinajstić information content (AvgIpc) is 2.54. The molecule has 0 amide bonds. The van der Waals surface area contributed by atoms with Crippen LogP contribution in [0.1, 0.15) is 28.8 Å². The summed E-state index contributed by atoms with van der Waals surface area (Å²) in [7, 11) is 0. The lowest BCUT2D eigenvalue weighted by Gasteiger charge is -2.15. The van der Waals surface area contributed by atoms with E-state index >= 15 is 0 Å². The number of carbonyl (C=O) groups is 1. The van der Waals surface area contributed by atoms with E-state index in [0.717, 1.165) is 40.6 Å². The number of hydrogen-bond donors (Lipinski definition) is 0. The fourth-order valence-electron chi connectivity index (χ4n) is 3.01. The SMILES string of the molecule is O=C1CCCc2ccc(-c3ccc4ccccc4n3)cc21. The average molecular weight is 273 g/mol. The Bertz CT molecular complexity index is 851. The number of aromatic nitrogens is 1. The van der Waals surface area contributed by atoms with Crippen molar-refractivity contribution in [3.8, 4) is 11.3 Å². The van der Waals surface area contributed by atoms with Gasteiger partial charge in [0.1, 0.15) is 0 Å². The van der Waals surface area contributed by atoms with Gasteiger partial charge in [0.2, 0.25) is 0 Å². The van der Waals surface area contributed by atoms with Crippen molar-refractivity contribution in [3.63, 3.8) is 0 Å². The predicted molar refractivity (Wildman–Crippen MR) is 84.4 cm³/mol. The third kappa shape index (κ3) is 2.13. The maximum absolute atomic E-state index is 12.1. The zero-order valence-electron chi connectivity index (χ0n) is 11.7. The van der Waals surface area contributed by atoms with Crippen LogP contribution in [0.4, 0.5) is 0 Å². The van der Waals surface area contributed by atoms with E-state index in [-0.39, 0.29) is 5.78 Å². The Hall–Kier alpha value is -2.48. The molecule has 1 aliphatic carbocycles. The first-order valence-corrected chi connectivity index (χ1v) is 7.33. The number of para-hydroxylation sites is 1. The van der Waals surface area contributed by atoms with Crippen molar-refractivity contribution in [3.05, 3.63) is 65.7 Å². The molecule has 0 N–H and O–H groups in total. The van der Waals surface area contributed by atoms with E-state index in [1.54, 1.807) is 0 Å². The van der Waals surface area contributed by atoms with Gasteiger partial charge in [-0.25, -0.2) is 4.98 Å². The maximum Gasteiger partial charge on any atom is 0.163 e. The molecule has 1 aromatic heterocycles. The molecule has 0 saturated carbocycles. The standard InChI is InChI=1S/C19H15NO/c21-19-7-3-5-13-8-9-15(12-16(13)19)18-11-10-14-4-1-2-6-17(14)20-18/h1-2,4,6,8-12H,3,5,7H2. The van der Waals surface area contributed by atoms with E-state index in [2.05, 4.69) is 24.3 Å². The van der Waals surface area contributed by atoms with Crippen LogP contribution < -0.4 is 0 Å². The van der Waals surface area contributed by atoms with Crippen LogP contribution in [0.15, 0.2) is 54.6 Å². The number of nitrogens with zero attached hydrogens (tertiary/aromatic N) is 1. The highest BCUT2D eigenvalue weighted by Crippen LogP contribution is 2.27. The normalized spacial score (nSPS) is 14.2. The Balaban J connectivity index is 1.84. The van der Waals surface area contributed by atoms with Crippen LogP contribution in [-0.2, 0) is 6.42 Å². The first kappa shape index (κ1) is 12.3. The molecule has 3 aromatic rings. The molecular formula is C19H15NO. The zero-order chi connectivity index (χ0) is 14.2. The Morgan fingerprint density at radius 3 is 2.76 bits per heavy atom. The number of fused-ring (bicyclic) bond motifs is 2. The molecule has 1 aliphatic rings. The summed E-state index contributed by atoms with van der Waals surface area (Å²) in [5, 5.41) is 1.13. The summed E-state index contributed by atoms with van der Waals surface area (Å²) in [5.74, 6) is 0.263. The fourth-order valence-corrected chi connectivity index (χ4v) is 3.01. The summed E-state index contributed by atoms with van der Waals surface area (Å²) in [6.45, 7) is 0. The van der Waals surface area contributed by atoms with Crippen LogP contribution in [0.25, 0.3) is 22.2 Å². The molecule has 0 fully saturated rings. The minimum atomic E-state index is 0.263. The number of hydrogen-bond acceptors (Lipinski definition) is 2. The monoisotopic (exact) mass is 273 g/mol. The van der Waals surface area contributed by atoms with Crippen LogP contribution >= 0.6 is 0 Å². The largest absolute Gasteiger partial charge is 0.294 e. The van der Waals surface area contributed by atoms with Gasteiger partial charge < -0.3 is 0 Å². The molecule has 0 unspecified atom stereocenters. The number of carbonyl (C=O) groups excluding carboxylic acids is 1. The van der Waals surface area contributed by atoms with Gasteiger partial charge in [-0.3, -0.25) is 4.79 Å². The number of rotatable bonds is 1.